The molecule has 152 valence electrons. The van der Waals surface area contributed by atoms with E-state index < -0.39 is 6.61 Å². The van der Waals surface area contributed by atoms with Gasteiger partial charge in [-0.15, -0.1) is 0 Å². The van der Waals surface area contributed by atoms with E-state index in [1.165, 1.54) is 6.07 Å². The molecule has 0 unspecified atom stereocenters. The number of methoxy groups -OCH3 is 2. The van der Waals surface area contributed by atoms with Gasteiger partial charge >= 0.3 is 6.61 Å². The molecule has 0 aliphatic rings. The molecule has 0 atom stereocenters. The number of nitrogens with one attached hydrogen (secondary N) is 2. The van der Waals surface area contributed by atoms with Crippen LogP contribution in [0.25, 0.3) is 0 Å². The number of rotatable bonds is 9. The number of ether oxygens (including phenoxy) is 3. The highest BCUT2D eigenvalue weighted by atomic mass is 19.3. The fraction of sp³-hybridized carbons (Fsp3) is 0.350. The van der Waals surface area contributed by atoms with E-state index in [4.69, 9.17) is 9.47 Å². The molecule has 0 aliphatic heterocycles. The van der Waals surface area contributed by atoms with E-state index in [2.05, 4.69) is 20.4 Å². The summed E-state index contributed by atoms with van der Waals surface area (Å²) in [4.78, 5) is 4.15. The van der Waals surface area contributed by atoms with Gasteiger partial charge in [0.25, 0.3) is 0 Å². The Kier molecular flexibility index (Phi) is 8.33. The first-order chi connectivity index (χ1) is 13.6. The van der Waals surface area contributed by atoms with Crippen LogP contribution in [0.15, 0.2) is 47.5 Å². The number of alkyl halides is 2. The quantitative estimate of drug-likeness (QED) is 0.506. The lowest BCUT2D eigenvalue weighted by atomic mass is 10.1. The molecule has 0 bridgehead atoms. The first-order valence-electron chi connectivity index (χ1n) is 8.75. The summed E-state index contributed by atoms with van der Waals surface area (Å²) in [6, 6.07) is 12.3. The smallest absolute Gasteiger partial charge is 0.387 e. The number of guanidine groups is 1. The average molecular weight is 393 g/mol. The van der Waals surface area contributed by atoms with E-state index in [1.807, 2.05) is 18.2 Å². The Morgan fingerprint density at radius 2 is 1.79 bits per heavy atom. The molecule has 0 saturated carbocycles. The average Bonchev–Trinajstić information content (AvgIpc) is 2.70. The lowest BCUT2D eigenvalue weighted by Gasteiger charge is -2.15. The molecule has 0 aromatic heterocycles. The summed E-state index contributed by atoms with van der Waals surface area (Å²) in [5, 5.41) is 6.29. The van der Waals surface area contributed by atoms with Crippen molar-refractivity contribution in [2.75, 3.05) is 27.8 Å². The van der Waals surface area contributed by atoms with Gasteiger partial charge in [-0.25, -0.2) is 0 Å². The van der Waals surface area contributed by atoms with Crippen LogP contribution in [0.1, 0.15) is 11.1 Å². The highest BCUT2D eigenvalue weighted by molar-refractivity contribution is 5.79. The van der Waals surface area contributed by atoms with E-state index in [0.29, 0.717) is 31.0 Å². The number of halogens is 2. The number of hydrogen-bond acceptors (Lipinski definition) is 4. The van der Waals surface area contributed by atoms with Gasteiger partial charge in [0.1, 0.15) is 17.2 Å². The molecular weight excluding hydrogens is 368 g/mol. The maximum Gasteiger partial charge on any atom is 0.387 e. The molecule has 0 aliphatic carbocycles. The van der Waals surface area contributed by atoms with Crippen LogP contribution in [0.3, 0.4) is 0 Å². The third-order valence-electron chi connectivity index (χ3n) is 4.03. The number of benzene rings is 2. The zero-order valence-corrected chi connectivity index (χ0v) is 16.2. The van der Waals surface area contributed by atoms with Crippen LogP contribution < -0.4 is 24.8 Å². The lowest BCUT2D eigenvalue weighted by molar-refractivity contribution is -0.0504. The van der Waals surface area contributed by atoms with Crippen molar-refractivity contribution in [3.05, 3.63) is 53.6 Å². The summed E-state index contributed by atoms with van der Waals surface area (Å²) in [6.45, 7) is -1.97. The molecule has 0 radical (unpaired) electrons. The van der Waals surface area contributed by atoms with Crippen molar-refractivity contribution < 1.29 is 23.0 Å². The molecule has 28 heavy (non-hydrogen) atoms. The van der Waals surface area contributed by atoms with Crippen LogP contribution in [0.5, 0.6) is 17.2 Å². The molecule has 2 aromatic carbocycles. The Morgan fingerprint density at radius 3 is 2.46 bits per heavy atom. The normalized spacial score (nSPS) is 11.3. The molecular formula is C20H25F2N3O3. The number of aliphatic imine (C=N–C) groups is 1. The molecule has 0 amide bonds. The zero-order chi connectivity index (χ0) is 20.4. The predicted molar refractivity (Wildman–Crippen MR) is 105 cm³/mol. The zero-order valence-electron chi connectivity index (χ0n) is 16.2. The van der Waals surface area contributed by atoms with Crippen molar-refractivity contribution >= 4 is 5.96 Å². The SMILES string of the molecule is CN=C(NCCc1cc(OC)ccc1OC)NCc1ccccc1OC(F)F. The van der Waals surface area contributed by atoms with Gasteiger partial charge in [-0.1, -0.05) is 18.2 Å². The fourth-order valence-corrected chi connectivity index (χ4v) is 2.65. The van der Waals surface area contributed by atoms with Gasteiger partial charge in [0, 0.05) is 25.7 Å². The highest BCUT2D eigenvalue weighted by Gasteiger charge is 2.10. The third-order valence-corrected chi connectivity index (χ3v) is 4.03. The van der Waals surface area contributed by atoms with E-state index in [0.717, 1.165) is 17.1 Å². The number of hydrogen-bond donors (Lipinski definition) is 2. The van der Waals surface area contributed by atoms with Crippen molar-refractivity contribution in [2.24, 2.45) is 4.99 Å². The monoisotopic (exact) mass is 393 g/mol. The lowest BCUT2D eigenvalue weighted by Crippen LogP contribution is -2.38. The highest BCUT2D eigenvalue weighted by Crippen LogP contribution is 2.24. The minimum atomic E-state index is -2.86. The van der Waals surface area contributed by atoms with Crippen LogP contribution in [-0.2, 0) is 13.0 Å². The van der Waals surface area contributed by atoms with Gasteiger partial charge < -0.3 is 24.8 Å². The molecule has 6 nitrogen and oxygen atoms in total. The van der Waals surface area contributed by atoms with Gasteiger partial charge in [-0.3, -0.25) is 4.99 Å². The Labute approximate surface area is 163 Å². The van der Waals surface area contributed by atoms with Crippen molar-refractivity contribution in [2.45, 2.75) is 19.6 Å². The standard InChI is InChI=1S/C20H25F2N3O3/c1-23-20(25-13-15-6-4-5-7-18(15)28-19(21)22)24-11-10-14-12-16(26-2)8-9-17(14)27-3/h4-9,12,19H,10-11,13H2,1-3H3,(H2,23,24,25). The van der Waals surface area contributed by atoms with Gasteiger partial charge in [0.15, 0.2) is 5.96 Å². The fourth-order valence-electron chi connectivity index (χ4n) is 2.65. The predicted octanol–water partition coefficient (Wildman–Crippen LogP) is 3.21. The first-order valence-corrected chi connectivity index (χ1v) is 8.75. The molecule has 0 heterocycles. The molecule has 8 heteroatoms. The molecule has 2 N–H and O–H groups in total. The van der Waals surface area contributed by atoms with Gasteiger partial charge in [-0.05, 0) is 36.2 Å². The topological polar surface area (TPSA) is 64.1 Å². The summed E-state index contributed by atoms with van der Waals surface area (Å²) in [6.07, 6.45) is 0.687. The van der Waals surface area contributed by atoms with Gasteiger partial charge in [0.05, 0.1) is 14.2 Å². The molecule has 0 saturated heterocycles. The van der Waals surface area contributed by atoms with Gasteiger partial charge in [-0.2, -0.15) is 8.78 Å². The van der Waals surface area contributed by atoms with Crippen molar-refractivity contribution in [3.63, 3.8) is 0 Å². The second-order valence-electron chi connectivity index (χ2n) is 5.77. The number of para-hydroxylation sites is 1. The summed E-state index contributed by atoms with van der Waals surface area (Å²) < 4.78 is 40.2. The Hall–Kier alpha value is -3.03. The second kappa shape index (κ2) is 11.0. The van der Waals surface area contributed by atoms with Crippen LogP contribution in [0.4, 0.5) is 8.78 Å². The number of nitrogens with zero attached hydrogens (tertiary/aromatic N) is 1. The summed E-state index contributed by atoms with van der Waals surface area (Å²) in [5.74, 6) is 2.23. The van der Waals surface area contributed by atoms with Crippen molar-refractivity contribution in [1.82, 2.24) is 10.6 Å². The van der Waals surface area contributed by atoms with E-state index in [-0.39, 0.29) is 5.75 Å². The van der Waals surface area contributed by atoms with Crippen LogP contribution >= 0.6 is 0 Å². The van der Waals surface area contributed by atoms with Crippen molar-refractivity contribution in [3.8, 4) is 17.2 Å². The van der Waals surface area contributed by atoms with Crippen molar-refractivity contribution in [1.29, 1.82) is 0 Å². The first kappa shape index (κ1) is 21.3. The van der Waals surface area contributed by atoms with Gasteiger partial charge in [0.2, 0.25) is 0 Å². The van der Waals surface area contributed by atoms with Crippen LogP contribution in [0.2, 0.25) is 0 Å². The maximum absolute atomic E-state index is 12.5. The van der Waals surface area contributed by atoms with E-state index in [1.54, 1.807) is 39.5 Å². The summed E-state index contributed by atoms with van der Waals surface area (Å²) >= 11 is 0. The molecule has 0 fully saturated rings. The molecule has 2 aromatic rings. The Morgan fingerprint density at radius 1 is 1.00 bits per heavy atom. The van der Waals surface area contributed by atoms with E-state index >= 15 is 0 Å². The second-order valence-corrected chi connectivity index (χ2v) is 5.77. The molecule has 0 spiro atoms. The van der Waals surface area contributed by atoms with Crippen LogP contribution in [-0.4, -0.2) is 40.4 Å². The molecule has 2 rings (SSSR count). The minimum absolute atomic E-state index is 0.140. The maximum atomic E-state index is 12.5. The Bertz CT molecular complexity index is 785. The summed E-state index contributed by atoms with van der Waals surface area (Å²) in [5.41, 5.74) is 1.61. The largest absolute Gasteiger partial charge is 0.497 e. The van der Waals surface area contributed by atoms with E-state index in [9.17, 15) is 8.78 Å². The third kappa shape index (κ3) is 6.29. The minimum Gasteiger partial charge on any atom is -0.497 e. The summed E-state index contributed by atoms with van der Waals surface area (Å²) in [7, 11) is 4.88. The van der Waals surface area contributed by atoms with Crippen LogP contribution in [0, 0.1) is 0 Å². The Balaban J connectivity index is 1.91.